The molecule has 1 aromatic heterocycles. The lowest BCUT2D eigenvalue weighted by atomic mass is 10.2. The molecule has 0 aliphatic carbocycles. The number of ether oxygens (including phenoxy) is 1. The maximum Gasteiger partial charge on any atom is 0.167 e. The van der Waals surface area contributed by atoms with E-state index in [1.54, 1.807) is 6.07 Å². The van der Waals surface area contributed by atoms with Crippen LogP contribution in [0.15, 0.2) is 18.5 Å². The van der Waals surface area contributed by atoms with Crippen molar-refractivity contribution in [2.24, 2.45) is 0 Å². The Morgan fingerprint density at radius 2 is 2.24 bits per heavy atom. The Labute approximate surface area is 122 Å². The first-order valence-corrected chi connectivity index (χ1v) is 6.90. The molecule has 4 N–H and O–H groups in total. The summed E-state index contributed by atoms with van der Waals surface area (Å²) < 4.78 is 19.1. The van der Waals surface area contributed by atoms with E-state index in [1.165, 1.54) is 12.4 Å². The number of nitrogen functional groups attached to an aromatic ring is 1. The Kier molecular flexibility index (Phi) is 4.97. The van der Waals surface area contributed by atoms with Crippen molar-refractivity contribution in [3.63, 3.8) is 0 Å². The van der Waals surface area contributed by atoms with Crippen LogP contribution < -0.4 is 15.8 Å². The average Bonchev–Trinajstić information content (AvgIpc) is 2.92. The lowest BCUT2D eigenvalue weighted by Gasteiger charge is -2.15. The molecular weight excluding hydrogens is 273 g/mol. The summed E-state index contributed by atoms with van der Waals surface area (Å²) in [5.41, 5.74) is 6.85. The summed E-state index contributed by atoms with van der Waals surface area (Å²) >= 11 is 0. The number of H-pyrrole nitrogens is 1. The molecule has 21 heavy (non-hydrogen) atoms. The van der Waals surface area contributed by atoms with Gasteiger partial charge < -0.3 is 15.8 Å². The zero-order valence-electron chi connectivity index (χ0n) is 12.2. The number of aromatic nitrogens is 3. The molecule has 0 aliphatic rings. The topological polar surface area (TPSA) is 88.8 Å². The molecule has 0 atom stereocenters. The monoisotopic (exact) mass is 293 g/mol. The summed E-state index contributed by atoms with van der Waals surface area (Å²) in [5, 5.41) is 9.77. The summed E-state index contributed by atoms with van der Waals surface area (Å²) in [6, 6.07) is 2.87. The third-order valence-electron chi connectivity index (χ3n) is 2.84. The number of nitrogens with one attached hydrogen (secondary N) is 2. The minimum absolute atomic E-state index is 0.0950. The van der Waals surface area contributed by atoms with Gasteiger partial charge in [0, 0.05) is 25.1 Å². The molecule has 6 nitrogen and oxygen atoms in total. The van der Waals surface area contributed by atoms with E-state index in [1.807, 2.05) is 13.8 Å². The van der Waals surface area contributed by atoms with Crippen molar-refractivity contribution < 1.29 is 9.13 Å². The molecule has 0 saturated carbocycles. The van der Waals surface area contributed by atoms with Gasteiger partial charge >= 0.3 is 0 Å². The maximum atomic E-state index is 13.7. The molecule has 1 aromatic carbocycles. The molecule has 0 radical (unpaired) electrons. The van der Waals surface area contributed by atoms with Crippen molar-refractivity contribution in [2.75, 3.05) is 17.6 Å². The largest absolute Gasteiger partial charge is 0.488 e. The molecule has 0 saturated heterocycles. The minimum atomic E-state index is -0.451. The molecule has 0 amide bonds. The van der Waals surface area contributed by atoms with Gasteiger partial charge in [0.05, 0.1) is 17.5 Å². The fourth-order valence-corrected chi connectivity index (χ4v) is 1.90. The van der Waals surface area contributed by atoms with Gasteiger partial charge in [-0.25, -0.2) is 9.37 Å². The molecule has 0 fully saturated rings. The molecule has 0 bridgehead atoms. The SMILES string of the molecule is CC(C)Oc1cc(NCCCc2ncn[nH]2)c(N)cc1F. The zero-order chi connectivity index (χ0) is 15.2. The van der Waals surface area contributed by atoms with Gasteiger partial charge in [-0.15, -0.1) is 0 Å². The Balaban J connectivity index is 1.92. The molecule has 0 aliphatic heterocycles. The zero-order valence-corrected chi connectivity index (χ0v) is 12.2. The van der Waals surface area contributed by atoms with Gasteiger partial charge in [-0.1, -0.05) is 0 Å². The number of hydrogen-bond acceptors (Lipinski definition) is 5. The summed E-state index contributed by atoms with van der Waals surface area (Å²) in [4.78, 5) is 4.05. The quantitative estimate of drug-likeness (QED) is 0.538. The second kappa shape index (κ2) is 6.92. The minimum Gasteiger partial charge on any atom is -0.488 e. The highest BCUT2D eigenvalue weighted by Gasteiger charge is 2.10. The number of anilines is 2. The second-order valence-electron chi connectivity index (χ2n) is 5.00. The number of aromatic amines is 1. The van der Waals surface area contributed by atoms with Crippen molar-refractivity contribution in [3.8, 4) is 5.75 Å². The van der Waals surface area contributed by atoms with E-state index in [-0.39, 0.29) is 11.9 Å². The van der Waals surface area contributed by atoms with Crippen molar-refractivity contribution >= 4 is 11.4 Å². The van der Waals surface area contributed by atoms with Crippen LogP contribution in [0.2, 0.25) is 0 Å². The van der Waals surface area contributed by atoms with E-state index >= 15 is 0 Å². The predicted octanol–water partition coefficient (Wildman–Crippen LogP) is 2.36. The fraction of sp³-hybridized carbons (Fsp3) is 0.429. The van der Waals surface area contributed by atoms with Gasteiger partial charge in [-0.2, -0.15) is 5.10 Å². The first-order valence-electron chi connectivity index (χ1n) is 6.90. The van der Waals surface area contributed by atoms with E-state index in [4.69, 9.17) is 10.5 Å². The molecule has 0 spiro atoms. The van der Waals surface area contributed by atoms with Crippen LogP contribution in [0, 0.1) is 5.82 Å². The Morgan fingerprint density at radius 1 is 1.43 bits per heavy atom. The number of rotatable bonds is 7. The van der Waals surface area contributed by atoms with Crippen LogP contribution in [0.4, 0.5) is 15.8 Å². The first-order chi connectivity index (χ1) is 10.1. The lowest BCUT2D eigenvalue weighted by molar-refractivity contribution is 0.231. The van der Waals surface area contributed by atoms with E-state index < -0.39 is 5.82 Å². The van der Waals surface area contributed by atoms with Crippen LogP contribution >= 0.6 is 0 Å². The molecule has 7 heteroatoms. The molecule has 2 aromatic rings. The number of nitrogens with two attached hydrogens (primary N) is 1. The lowest BCUT2D eigenvalue weighted by Crippen LogP contribution is -2.10. The Hall–Kier alpha value is -2.31. The van der Waals surface area contributed by atoms with Gasteiger partial charge in [0.25, 0.3) is 0 Å². The van der Waals surface area contributed by atoms with Gasteiger partial charge in [-0.3, -0.25) is 5.10 Å². The van der Waals surface area contributed by atoms with Crippen molar-refractivity contribution in [2.45, 2.75) is 32.8 Å². The fourth-order valence-electron chi connectivity index (χ4n) is 1.90. The summed E-state index contributed by atoms with van der Waals surface area (Å²) in [7, 11) is 0. The number of aryl methyl sites for hydroxylation is 1. The first kappa shape index (κ1) is 15.1. The maximum absolute atomic E-state index is 13.7. The van der Waals surface area contributed by atoms with Crippen LogP contribution in [0.5, 0.6) is 5.75 Å². The molecule has 1 heterocycles. The van der Waals surface area contributed by atoms with Crippen molar-refractivity contribution in [3.05, 3.63) is 30.1 Å². The van der Waals surface area contributed by atoms with E-state index in [9.17, 15) is 4.39 Å². The van der Waals surface area contributed by atoms with E-state index in [0.717, 1.165) is 18.7 Å². The number of benzene rings is 1. The summed E-state index contributed by atoms with van der Waals surface area (Å²) in [5.74, 6) is 0.595. The third-order valence-corrected chi connectivity index (χ3v) is 2.84. The molecule has 2 rings (SSSR count). The van der Waals surface area contributed by atoms with Gasteiger partial charge in [0.1, 0.15) is 12.2 Å². The van der Waals surface area contributed by atoms with Gasteiger partial charge in [0.2, 0.25) is 0 Å². The van der Waals surface area contributed by atoms with Crippen LogP contribution in [0.3, 0.4) is 0 Å². The number of hydrogen-bond donors (Lipinski definition) is 3. The predicted molar refractivity (Wildman–Crippen MR) is 79.8 cm³/mol. The van der Waals surface area contributed by atoms with E-state index in [0.29, 0.717) is 17.9 Å². The van der Waals surface area contributed by atoms with Crippen LogP contribution in [-0.4, -0.2) is 27.8 Å². The highest BCUT2D eigenvalue weighted by Crippen LogP contribution is 2.28. The normalized spacial score (nSPS) is 10.9. The molecular formula is C14H20FN5O. The van der Waals surface area contributed by atoms with Gasteiger partial charge in [0.15, 0.2) is 11.6 Å². The number of halogens is 1. The standard InChI is InChI=1S/C14H20FN5O/c1-9(2)21-13-7-12(11(16)6-10(13)15)17-5-3-4-14-18-8-19-20-14/h6-9,17H,3-5,16H2,1-2H3,(H,18,19,20). The Morgan fingerprint density at radius 3 is 2.90 bits per heavy atom. The molecule has 0 unspecified atom stereocenters. The van der Waals surface area contributed by atoms with Crippen LogP contribution in [0.1, 0.15) is 26.1 Å². The highest BCUT2D eigenvalue weighted by molar-refractivity contribution is 5.68. The molecule has 114 valence electrons. The Bertz CT molecular complexity index is 571. The van der Waals surface area contributed by atoms with Crippen LogP contribution in [0.25, 0.3) is 0 Å². The summed E-state index contributed by atoms with van der Waals surface area (Å²) in [6.07, 6.45) is 3.02. The highest BCUT2D eigenvalue weighted by atomic mass is 19.1. The third kappa shape index (κ3) is 4.34. The van der Waals surface area contributed by atoms with Gasteiger partial charge in [-0.05, 0) is 20.3 Å². The summed E-state index contributed by atoms with van der Waals surface area (Å²) in [6.45, 7) is 4.39. The smallest absolute Gasteiger partial charge is 0.167 e. The van der Waals surface area contributed by atoms with Crippen molar-refractivity contribution in [1.29, 1.82) is 0 Å². The second-order valence-corrected chi connectivity index (χ2v) is 5.00. The van der Waals surface area contributed by atoms with E-state index in [2.05, 4.69) is 20.5 Å². The van der Waals surface area contributed by atoms with Crippen LogP contribution in [-0.2, 0) is 6.42 Å². The van der Waals surface area contributed by atoms with Crippen molar-refractivity contribution in [1.82, 2.24) is 15.2 Å². The number of nitrogens with zero attached hydrogens (tertiary/aromatic N) is 2. The average molecular weight is 293 g/mol.